The van der Waals surface area contributed by atoms with E-state index in [1.165, 1.54) is 24.5 Å². The molecule has 18 heavy (non-hydrogen) atoms. The van der Waals surface area contributed by atoms with Crippen molar-refractivity contribution in [2.24, 2.45) is 0 Å². The SMILES string of the molecule is O=C(O)c1ccoc1COc1ccc(Br)c(F)c1. The van der Waals surface area contributed by atoms with Crippen LogP contribution in [-0.2, 0) is 6.61 Å². The number of carboxylic acids is 1. The molecule has 6 heteroatoms. The van der Waals surface area contributed by atoms with E-state index in [1.54, 1.807) is 6.07 Å². The van der Waals surface area contributed by atoms with Crippen molar-refractivity contribution >= 4 is 21.9 Å². The summed E-state index contributed by atoms with van der Waals surface area (Å²) >= 11 is 3.02. The molecule has 0 aliphatic rings. The summed E-state index contributed by atoms with van der Waals surface area (Å²) in [5.74, 6) is -1.07. The molecule has 1 heterocycles. The third-order valence-corrected chi connectivity index (χ3v) is 2.88. The first-order valence-electron chi connectivity index (χ1n) is 4.95. The quantitative estimate of drug-likeness (QED) is 0.939. The van der Waals surface area contributed by atoms with Gasteiger partial charge in [-0.05, 0) is 34.1 Å². The molecule has 1 N–H and O–H groups in total. The maximum atomic E-state index is 13.2. The highest BCUT2D eigenvalue weighted by Gasteiger charge is 2.13. The number of hydrogen-bond donors (Lipinski definition) is 1. The summed E-state index contributed by atoms with van der Waals surface area (Å²) in [6.45, 7) is -0.0737. The number of hydrogen-bond acceptors (Lipinski definition) is 3. The third-order valence-electron chi connectivity index (χ3n) is 2.24. The summed E-state index contributed by atoms with van der Waals surface area (Å²) in [6, 6.07) is 5.61. The molecule has 4 nitrogen and oxygen atoms in total. The van der Waals surface area contributed by atoms with E-state index >= 15 is 0 Å². The number of rotatable bonds is 4. The molecular formula is C12H8BrFO4. The second kappa shape index (κ2) is 5.22. The van der Waals surface area contributed by atoms with Crippen molar-refractivity contribution in [2.45, 2.75) is 6.61 Å². The van der Waals surface area contributed by atoms with Crippen molar-refractivity contribution < 1.29 is 23.4 Å². The van der Waals surface area contributed by atoms with E-state index in [-0.39, 0.29) is 17.9 Å². The number of benzene rings is 1. The van der Waals surface area contributed by atoms with Crippen LogP contribution in [0.25, 0.3) is 0 Å². The van der Waals surface area contributed by atoms with Gasteiger partial charge in [0.15, 0.2) is 5.76 Å². The van der Waals surface area contributed by atoms with Crippen LogP contribution < -0.4 is 4.74 Å². The fourth-order valence-electron chi connectivity index (χ4n) is 1.36. The molecule has 0 fully saturated rings. The molecule has 0 radical (unpaired) electrons. The van der Waals surface area contributed by atoms with Gasteiger partial charge in [-0.15, -0.1) is 0 Å². The smallest absolute Gasteiger partial charge is 0.339 e. The molecule has 0 aliphatic carbocycles. The van der Waals surface area contributed by atoms with Crippen LogP contribution in [0.3, 0.4) is 0 Å². The predicted octanol–water partition coefficient (Wildman–Crippen LogP) is 3.46. The summed E-state index contributed by atoms with van der Waals surface area (Å²) in [5.41, 5.74) is 0.0348. The van der Waals surface area contributed by atoms with Crippen molar-refractivity contribution in [2.75, 3.05) is 0 Å². The Hall–Kier alpha value is -1.82. The van der Waals surface area contributed by atoms with Gasteiger partial charge in [0.05, 0.1) is 10.7 Å². The van der Waals surface area contributed by atoms with Gasteiger partial charge in [0, 0.05) is 6.07 Å². The monoisotopic (exact) mass is 314 g/mol. The van der Waals surface area contributed by atoms with Crippen LogP contribution in [0, 0.1) is 5.82 Å². The maximum Gasteiger partial charge on any atom is 0.339 e. The Morgan fingerprint density at radius 1 is 1.44 bits per heavy atom. The Kier molecular flexibility index (Phi) is 3.66. The molecular weight excluding hydrogens is 307 g/mol. The first-order valence-corrected chi connectivity index (χ1v) is 5.74. The fourth-order valence-corrected chi connectivity index (χ4v) is 1.61. The van der Waals surface area contributed by atoms with E-state index in [0.29, 0.717) is 10.2 Å². The number of furan rings is 1. The van der Waals surface area contributed by atoms with Gasteiger partial charge in [-0.2, -0.15) is 0 Å². The fraction of sp³-hybridized carbons (Fsp3) is 0.0833. The normalized spacial score (nSPS) is 10.3. The summed E-state index contributed by atoms with van der Waals surface area (Å²) in [4.78, 5) is 10.8. The molecule has 1 aromatic heterocycles. The molecule has 0 amide bonds. The number of aromatic carboxylic acids is 1. The van der Waals surface area contributed by atoms with Crippen LogP contribution in [0.1, 0.15) is 16.1 Å². The van der Waals surface area contributed by atoms with E-state index in [0.717, 1.165) is 0 Å². The van der Waals surface area contributed by atoms with E-state index in [1.807, 2.05) is 0 Å². The summed E-state index contributed by atoms with van der Waals surface area (Å²) < 4.78 is 23.8. The minimum Gasteiger partial charge on any atom is -0.486 e. The lowest BCUT2D eigenvalue weighted by Gasteiger charge is -2.05. The number of carbonyl (C=O) groups is 1. The van der Waals surface area contributed by atoms with Crippen LogP contribution in [0.4, 0.5) is 4.39 Å². The minimum atomic E-state index is -1.09. The molecule has 0 aliphatic heterocycles. The molecule has 2 aromatic rings. The van der Waals surface area contributed by atoms with Crippen LogP contribution in [0.15, 0.2) is 39.4 Å². The van der Waals surface area contributed by atoms with Crippen molar-refractivity contribution in [3.05, 3.63) is 52.1 Å². The predicted molar refractivity (Wildman–Crippen MR) is 64.1 cm³/mol. The number of carboxylic acid groups (broad SMARTS) is 1. The molecule has 0 atom stereocenters. The van der Waals surface area contributed by atoms with E-state index in [2.05, 4.69) is 15.9 Å². The van der Waals surface area contributed by atoms with Gasteiger partial charge in [0.25, 0.3) is 0 Å². The molecule has 0 bridgehead atoms. The van der Waals surface area contributed by atoms with E-state index in [4.69, 9.17) is 14.3 Å². The van der Waals surface area contributed by atoms with Gasteiger partial charge in [0.2, 0.25) is 0 Å². The zero-order valence-corrected chi connectivity index (χ0v) is 10.6. The highest BCUT2D eigenvalue weighted by atomic mass is 79.9. The highest BCUT2D eigenvalue weighted by molar-refractivity contribution is 9.10. The van der Waals surface area contributed by atoms with E-state index < -0.39 is 11.8 Å². The minimum absolute atomic E-state index is 0.0348. The zero-order chi connectivity index (χ0) is 13.1. The first-order chi connectivity index (χ1) is 8.58. The van der Waals surface area contributed by atoms with E-state index in [9.17, 15) is 9.18 Å². The lowest BCUT2D eigenvalue weighted by Crippen LogP contribution is -2.02. The Morgan fingerprint density at radius 2 is 2.22 bits per heavy atom. The average molecular weight is 315 g/mol. The standard InChI is InChI=1S/C12H8BrFO4/c13-9-2-1-7(5-10(9)14)18-6-11-8(12(15)16)3-4-17-11/h1-5H,6H2,(H,15,16). The Balaban J connectivity index is 2.09. The molecule has 0 unspecified atom stereocenters. The van der Waals surface area contributed by atoms with Gasteiger partial charge in [-0.3, -0.25) is 0 Å². The van der Waals surface area contributed by atoms with Crippen molar-refractivity contribution in [3.63, 3.8) is 0 Å². The van der Waals surface area contributed by atoms with Gasteiger partial charge >= 0.3 is 5.97 Å². The molecule has 2 rings (SSSR count). The summed E-state index contributed by atoms with van der Waals surface area (Å²) in [5, 5.41) is 8.85. The van der Waals surface area contributed by atoms with Crippen molar-refractivity contribution in [1.29, 1.82) is 0 Å². The maximum absolute atomic E-state index is 13.2. The van der Waals surface area contributed by atoms with Gasteiger partial charge in [0.1, 0.15) is 23.7 Å². The molecule has 1 aromatic carbocycles. The lowest BCUT2D eigenvalue weighted by molar-refractivity contribution is 0.0692. The summed E-state index contributed by atoms with van der Waals surface area (Å²) in [7, 11) is 0. The summed E-state index contributed by atoms with van der Waals surface area (Å²) in [6.07, 6.45) is 1.27. The first kappa shape index (κ1) is 12.6. The third kappa shape index (κ3) is 2.70. The van der Waals surface area contributed by atoms with Crippen LogP contribution in [0.2, 0.25) is 0 Å². The largest absolute Gasteiger partial charge is 0.486 e. The number of ether oxygens (including phenoxy) is 1. The van der Waals surface area contributed by atoms with Crippen LogP contribution in [-0.4, -0.2) is 11.1 Å². The van der Waals surface area contributed by atoms with Gasteiger partial charge in [-0.25, -0.2) is 9.18 Å². The Labute approximate surface area is 110 Å². The Bertz CT molecular complexity index is 579. The van der Waals surface area contributed by atoms with Gasteiger partial charge in [-0.1, -0.05) is 0 Å². The topological polar surface area (TPSA) is 59.7 Å². The zero-order valence-electron chi connectivity index (χ0n) is 9.02. The molecule has 0 spiro atoms. The molecule has 0 saturated heterocycles. The average Bonchev–Trinajstić information content (AvgIpc) is 2.79. The second-order valence-corrected chi connectivity index (χ2v) is 4.28. The highest BCUT2D eigenvalue weighted by Crippen LogP contribution is 2.22. The van der Waals surface area contributed by atoms with Crippen molar-refractivity contribution in [1.82, 2.24) is 0 Å². The molecule has 94 valence electrons. The van der Waals surface area contributed by atoms with Crippen LogP contribution >= 0.6 is 15.9 Å². The van der Waals surface area contributed by atoms with Gasteiger partial charge < -0.3 is 14.3 Å². The van der Waals surface area contributed by atoms with Crippen LogP contribution in [0.5, 0.6) is 5.75 Å². The Morgan fingerprint density at radius 3 is 2.89 bits per heavy atom. The lowest BCUT2D eigenvalue weighted by atomic mass is 10.2. The number of halogens is 2. The second-order valence-electron chi connectivity index (χ2n) is 3.43. The van der Waals surface area contributed by atoms with Crippen molar-refractivity contribution in [3.8, 4) is 5.75 Å². The molecule has 0 saturated carbocycles.